The van der Waals surface area contributed by atoms with Gasteiger partial charge < -0.3 is 10.2 Å². The summed E-state index contributed by atoms with van der Waals surface area (Å²) in [4.78, 5) is 24.5. The minimum atomic E-state index is -3.66. The number of unbranched alkanes of at least 4 members (excludes halogenated alkanes) is 1. The Labute approximate surface area is 142 Å². The number of nitrogens with one attached hydrogen (secondary N) is 1. The lowest BCUT2D eigenvalue weighted by atomic mass is 10.2. The largest absolute Gasteiger partial charge is 0.352 e. The first-order chi connectivity index (χ1) is 11.5. The Hall–Kier alpha value is -1.93. The molecule has 24 heavy (non-hydrogen) atoms. The molecule has 2 rings (SSSR count). The Bertz CT molecular complexity index is 682. The van der Waals surface area contributed by atoms with E-state index in [-0.39, 0.29) is 23.9 Å². The van der Waals surface area contributed by atoms with Crippen LogP contribution in [0.4, 0.5) is 0 Å². The molecule has 0 radical (unpaired) electrons. The molecule has 1 aliphatic heterocycles. The van der Waals surface area contributed by atoms with Crippen LogP contribution < -0.4 is 5.32 Å². The number of nitrogens with zero attached hydrogens (tertiary/aromatic N) is 2. The van der Waals surface area contributed by atoms with Crippen LogP contribution in [0.25, 0.3) is 0 Å². The molecule has 1 heterocycles. The second-order valence-electron chi connectivity index (χ2n) is 5.68. The van der Waals surface area contributed by atoms with E-state index in [1.54, 1.807) is 17.0 Å². The Morgan fingerprint density at radius 3 is 2.58 bits per heavy atom. The molecule has 2 amide bonds. The lowest BCUT2D eigenvalue weighted by Gasteiger charge is -2.31. The van der Waals surface area contributed by atoms with Gasteiger partial charge in [-0.05, 0) is 24.6 Å². The van der Waals surface area contributed by atoms with Crippen molar-refractivity contribution in [3.05, 3.63) is 29.8 Å². The Kier molecular flexibility index (Phi) is 6.33. The number of carbonyl (C=O) groups excluding carboxylic acids is 2. The summed E-state index contributed by atoms with van der Waals surface area (Å²) in [5.74, 6) is -0.272. The summed E-state index contributed by atoms with van der Waals surface area (Å²) < 4.78 is 26.8. The van der Waals surface area contributed by atoms with Crippen LogP contribution in [0.2, 0.25) is 0 Å². The number of hydrogen-bond acceptors (Lipinski definition) is 4. The van der Waals surface area contributed by atoms with Gasteiger partial charge in [0.1, 0.15) is 0 Å². The summed E-state index contributed by atoms with van der Waals surface area (Å²) in [6, 6.07) is 6.07. The van der Waals surface area contributed by atoms with Gasteiger partial charge in [0.2, 0.25) is 16.4 Å². The summed E-state index contributed by atoms with van der Waals surface area (Å²) in [6.07, 6.45) is 2.58. The van der Waals surface area contributed by atoms with Gasteiger partial charge in [-0.3, -0.25) is 9.59 Å². The van der Waals surface area contributed by atoms with Crippen LogP contribution in [0.3, 0.4) is 0 Å². The zero-order valence-electron chi connectivity index (χ0n) is 13.8. The maximum atomic E-state index is 12.7. The first-order valence-corrected chi connectivity index (χ1v) is 9.51. The molecule has 0 saturated carbocycles. The smallest absolute Gasteiger partial charge is 0.251 e. The molecule has 8 heteroatoms. The molecular weight excluding hydrogens is 330 g/mol. The molecule has 1 aromatic rings. The SMILES string of the molecule is CCCCNC(=O)c1cccc(S(=O)(=O)N2CCN(C=O)CC2)c1. The summed E-state index contributed by atoms with van der Waals surface area (Å²) >= 11 is 0. The van der Waals surface area contributed by atoms with E-state index in [4.69, 9.17) is 0 Å². The molecule has 0 atom stereocenters. The number of hydrogen-bond donors (Lipinski definition) is 1. The fourth-order valence-electron chi connectivity index (χ4n) is 2.48. The zero-order chi connectivity index (χ0) is 17.6. The van der Waals surface area contributed by atoms with Crippen molar-refractivity contribution in [2.45, 2.75) is 24.7 Å². The monoisotopic (exact) mass is 353 g/mol. The molecule has 1 fully saturated rings. The van der Waals surface area contributed by atoms with E-state index in [1.165, 1.54) is 16.4 Å². The van der Waals surface area contributed by atoms with Gasteiger partial charge in [-0.1, -0.05) is 19.4 Å². The van der Waals surface area contributed by atoms with E-state index in [1.807, 2.05) is 6.92 Å². The molecule has 1 N–H and O–H groups in total. The van der Waals surface area contributed by atoms with Crippen molar-refractivity contribution in [1.82, 2.24) is 14.5 Å². The van der Waals surface area contributed by atoms with Gasteiger partial charge in [-0.15, -0.1) is 0 Å². The highest BCUT2D eigenvalue weighted by Crippen LogP contribution is 2.18. The zero-order valence-corrected chi connectivity index (χ0v) is 14.6. The predicted molar refractivity (Wildman–Crippen MR) is 90.1 cm³/mol. The van der Waals surface area contributed by atoms with Crippen molar-refractivity contribution in [1.29, 1.82) is 0 Å². The van der Waals surface area contributed by atoms with Crippen LogP contribution in [-0.2, 0) is 14.8 Å². The van der Waals surface area contributed by atoms with E-state index in [0.717, 1.165) is 19.3 Å². The third-order valence-corrected chi connectivity index (χ3v) is 5.87. The summed E-state index contributed by atoms with van der Waals surface area (Å²) in [5.41, 5.74) is 0.332. The lowest BCUT2D eigenvalue weighted by molar-refractivity contribution is -0.119. The maximum absolute atomic E-state index is 12.7. The van der Waals surface area contributed by atoms with Crippen LogP contribution in [0.15, 0.2) is 29.2 Å². The molecule has 0 bridgehead atoms. The third kappa shape index (κ3) is 4.33. The Balaban J connectivity index is 2.12. The number of rotatable bonds is 7. The lowest BCUT2D eigenvalue weighted by Crippen LogP contribution is -2.48. The molecule has 1 aliphatic rings. The van der Waals surface area contributed by atoms with Crippen LogP contribution in [0, 0.1) is 0 Å². The molecule has 7 nitrogen and oxygen atoms in total. The average molecular weight is 353 g/mol. The van der Waals surface area contributed by atoms with E-state index in [2.05, 4.69) is 5.32 Å². The minimum Gasteiger partial charge on any atom is -0.352 e. The first kappa shape index (κ1) is 18.4. The van der Waals surface area contributed by atoms with Gasteiger partial charge >= 0.3 is 0 Å². The summed E-state index contributed by atoms with van der Waals surface area (Å²) in [6.45, 7) is 3.87. The minimum absolute atomic E-state index is 0.102. The molecule has 0 aliphatic carbocycles. The number of amides is 2. The van der Waals surface area contributed by atoms with Gasteiger partial charge in [0.25, 0.3) is 5.91 Å². The highest BCUT2D eigenvalue weighted by Gasteiger charge is 2.28. The van der Waals surface area contributed by atoms with Crippen molar-refractivity contribution >= 4 is 22.3 Å². The van der Waals surface area contributed by atoms with Crippen molar-refractivity contribution in [2.75, 3.05) is 32.7 Å². The summed E-state index contributed by atoms with van der Waals surface area (Å²) in [5, 5.41) is 2.78. The van der Waals surface area contributed by atoms with Crippen molar-refractivity contribution in [2.24, 2.45) is 0 Å². The second-order valence-corrected chi connectivity index (χ2v) is 7.62. The first-order valence-electron chi connectivity index (χ1n) is 8.06. The van der Waals surface area contributed by atoms with E-state index >= 15 is 0 Å². The van der Waals surface area contributed by atoms with Crippen LogP contribution in [0.5, 0.6) is 0 Å². The molecule has 132 valence electrons. The predicted octanol–water partition coefficient (Wildman–Crippen LogP) is 0.679. The van der Waals surface area contributed by atoms with Gasteiger partial charge in [-0.2, -0.15) is 4.31 Å². The normalized spacial score (nSPS) is 16.0. The van der Waals surface area contributed by atoms with E-state index in [0.29, 0.717) is 25.2 Å². The number of piperazine rings is 1. The Morgan fingerprint density at radius 2 is 1.96 bits per heavy atom. The van der Waals surface area contributed by atoms with E-state index < -0.39 is 10.0 Å². The average Bonchev–Trinajstić information content (AvgIpc) is 2.62. The van der Waals surface area contributed by atoms with Gasteiger partial charge in [0.05, 0.1) is 4.90 Å². The van der Waals surface area contributed by atoms with Crippen molar-refractivity contribution < 1.29 is 18.0 Å². The van der Waals surface area contributed by atoms with Gasteiger partial charge in [0.15, 0.2) is 0 Å². The standard InChI is InChI=1S/C16H23N3O4S/c1-2-3-7-17-16(21)14-5-4-6-15(12-14)24(22,23)19-10-8-18(13-20)9-11-19/h4-6,12-13H,2-3,7-11H2,1H3,(H,17,21). The highest BCUT2D eigenvalue weighted by molar-refractivity contribution is 7.89. The van der Waals surface area contributed by atoms with Crippen LogP contribution >= 0.6 is 0 Å². The van der Waals surface area contributed by atoms with E-state index in [9.17, 15) is 18.0 Å². The summed E-state index contributed by atoms with van der Waals surface area (Å²) in [7, 11) is -3.66. The fourth-order valence-corrected chi connectivity index (χ4v) is 3.95. The second kappa shape index (κ2) is 8.25. The highest BCUT2D eigenvalue weighted by atomic mass is 32.2. The molecule has 0 spiro atoms. The quantitative estimate of drug-likeness (QED) is 0.577. The Morgan fingerprint density at radius 1 is 1.25 bits per heavy atom. The molecule has 0 aromatic heterocycles. The van der Waals surface area contributed by atoms with Gasteiger partial charge in [0, 0.05) is 38.3 Å². The number of carbonyl (C=O) groups is 2. The third-order valence-electron chi connectivity index (χ3n) is 3.97. The van der Waals surface area contributed by atoms with Gasteiger partial charge in [-0.25, -0.2) is 8.42 Å². The topological polar surface area (TPSA) is 86.8 Å². The molecular formula is C16H23N3O4S. The van der Waals surface area contributed by atoms with Crippen molar-refractivity contribution in [3.63, 3.8) is 0 Å². The molecule has 1 saturated heterocycles. The number of sulfonamides is 1. The molecule has 0 unspecified atom stereocenters. The maximum Gasteiger partial charge on any atom is 0.251 e. The van der Waals surface area contributed by atoms with Crippen LogP contribution in [0.1, 0.15) is 30.1 Å². The fraction of sp³-hybridized carbons (Fsp3) is 0.500. The number of benzene rings is 1. The molecule has 1 aromatic carbocycles. The van der Waals surface area contributed by atoms with Crippen molar-refractivity contribution in [3.8, 4) is 0 Å². The van der Waals surface area contributed by atoms with Crippen LogP contribution in [-0.4, -0.2) is 62.7 Å².